The van der Waals surface area contributed by atoms with E-state index in [0.717, 1.165) is 12.1 Å². The first-order chi connectivity index (χ1) is 13.8. The number of hydrogen-bond donors (Lipinski definition) is 2. The number of aromatic nitrogens is 2. The lowest BCUT2D eigenvalue weighted by atomic mass is 10.1. The van der Waals surface area contributed by atoms with Crippen LogP contribution >= 0.6 is 0 Å². The smallest absolute Gasteiger partial charge is 0.416 e. The second-order valence-corrected chi connectivity index (χ2v) is 6.77. The number of rotatable bonds is 3. The molecule has 4 heterocycles. The van der Waals surface area contributed by atoms with Crippen LogP contribution in [-0.2, 0) is 12.7 Å². The third-order valence-corrected chi connectivity index (χ3v) is 4.85. The molecule has 0 spiro atoms. The fraction of sp³-hybridized carbons (Fsp3) is 0.167. The van der Waals surface area contributed by atoms with Gasteiger partial charge in [0.25, 0.3) is 0 Å². The number of aliphatic imine (C=N–C) groups is 2. The Kier molecular flexibility index (Phi) is 3.67. The Morgan fingerprint density at radius 2 is 2.10 bits per heavy atom. The van der Waals surface area contributed by atoms with E-state index in [1.807, 2.05) is 0 Å². The van der Waals surface area contributed by atoms with Crippen molar-refractivity contribution in [1.29, 1.82) is 0 Å². The van der Waals surface area contributed by atoms with Gasteiger partial charge in [-0.15, -0.1) is 0 Å². The Labute approximate surface area is 162 Å². The van der Waals surface area contributed by atoms with Gasteiger partial charge in [-0.2, -0.15) is 23.3 Å². The van der Waals surface area contributed by atoms with E-state index in [9.17, 15) is 18.4 Å². The van der Waals surface area contributed by atoms with Crippen LogP contribution in [0, 0.1) is 5.21 Å². The van der Waals surface area contributed by atoms with Crippen molar-refractivity contribution in [1.82, 2.24) is 20.4 Å². The van der Waals surface area contributed by atoms with Gasteiger partial charge < -0.3 is 10.5 Å². The predicted molar refractivity (Wildman–Crippen MR) is 97.7 cm³/mol. The Morgan fingerprint density at radius 3 is 2.93 bits per heavy atom. The van der Waals surface area contributed by atoms with Gasteiger partial charge in [0.15, 0.2) is 11.5 Å². The lowest BCUT2D eigenvalue weighted by molar-refractivity contribution is -0.683. The van der Waals surface area contributed by atoms with Crippen LogP contribution in [0.15, 0.2) is 70.6 Å². The molecule has 0 fully saturated rings. The number of hydroxylamine groups is 3. The van der Waals surface area contributed by atoms with E-state index in [0.29, 0.717) is 28.5 Å². The van der Waals surface area contributed by atoms with Crippen LogP contribution in [-0.4, -0.2) is 32.8 Å². The zero-order valence-corrected chi connectivity index (χ0v) is 14.8. The largest absolute Gasteiger partial charge is 0.614 e. The zero-order valence-electron chi connectivity index (χ0n) is 14.8. The third-order valence-electron chi connectivity index (χ3n) is 4.85. The summed E-state index contributed by atoms with van der Waals surface area (Å²) in [5.41, 5.74) is 0.961. The molecule has 11 heteroatoms. The van der Waals surface area contributed by atoms with Crippen LogP contribution in [0.1, 0.15) is 16.7 Å². The molecule has 0 saturated heterocycles. The Balaban J connectivity index is 1.33. The second kappa shape index (κ2) is 6.03. The van der Waals surface area contributed by atoms with Crippen molar-refractivity contribution in [2.45, 2.75) is 12.7 Å². The molecule has 3 aliphatic rings. The van der Waals surface area contributed by atoms with Crippen LogP contribution in [0.5, 0.6) is 0 Å². The molecule has 2 aromatic rings. The molecule has 2 N–H and O–H groups in total. The SMILES string of the molecule is [O-][N+]12C=CN=C1NC1=C2CN=C(c2cnn(Cc3cccc(C(F)(F)F)c3)c2)N1. The molecule has 3 aliphatic heterocycles. The number of benzene rings is 1. The molecule has 8 nitrogen and oxygen atoms in total. The Morgan fingerprint density at radius 1 is 1.24 bits per heavy atom. The number of halogens is 3. The van der Waals surface area contributed by atoms with Crippen LogP contribution in [0.4, 0.5) is 13.2 Å². The highest BCUT2D eigenvalue weighted by atomic mass is 19.4. The van der Waals surface area contributed by atoms with E-state index in [1.165, 1.54) is 23.1 Å². The highest BCUT2D eigenvalue weighted by Gasteiger charge is 2.43. The first-order valence-electron chi connectivity index (χ1n) is 8.70. The van der Waals surface area contributed by atoms with Crippen molar-refractivity contribution < 1.29 is 17.8 Å². The minimum absolute atomic E-state index is 0.186. The van der Waals surface area contributed by atoms with Gasteiger partial charge in [0.05, 0.1) is 30.1 Å². The third kappa shape index (κ3) is 2.91. The zero-order chi connectivity index (χ0) is 20.2. The maximum Gasteiger partial charge on any atom is 0.416 e. The maximum atomic E-state index is 12.9. The van der Waals surface area contributed by atoms with E-state index in [1.54, 1.807) is 18.5 Å². The summed E-state index contributed by atoms with van der Waals surface area (Å²) >= 11 is 0. The number of guanidine groups is 1. The number of fused-ring (bicyclic) bond motifs is 2. The van der Waals surface area contributed by atoms with Crippen molar-refractivity contribution in [2.24, 2.45) is 9.98 Å². The summed E-state index contributed by atoms with van der Waals surface area (Å²) in [6.45, 7) is 0.377. The highest BCUT2D eigenvalue weighted by molar-refractivity contribution is 6.01. The van der Waals surface area contributed by atoms with Gasteiger partial charge >= 0.3 is 12.1 Å². The first-order valence-corrected chi connectivity index (χ1v) is 8.70. The minimum atomic E-state index is -4.39. The monoisotopic (exact) mass is 401 g/mol. The molecule has 0 bridgehead atoms. The summed E-state index contributed by atoms with van der Waals surface area (Å²) < 4.78 is 39.4. The molecule has 1 unspecified atom stereocenters. The number of nitrogens with one attached hydrogen (secondary N) is 2. The van der Waals surface area contributed by atoms with Crippen molar-refractivity contribution >= 4 is 11.8 Å². The highest BCUT2D eigenvalue weighted by Crippen LogP contribution is 2.31. The molecule has 0 radical (unpaired) electrons. The van der Waals surface area contributed by atoms with Gasteiger partial charge in [-0.3, -0.25) is 15.0 Å². The van der Waals surface area contributed by atoms with Crippen molar-refractivity contribution in [3.8, 4) is 0 Å². The average Bonchev–Trinajstić information content (AvgIpc) is 3.34. The number of quaternary nitrogens is 1. The average molecular weight is 401 g/mol. The summed E-state index contributed by atoms with van der Waals surface area (Å²) in [5.74, 6) is 1.32. The standard InChI is InChI=1S/C18H14F3N7O/c19-18(20,21)13-3-1-2-11(6-13)9-27-10-12(7-24-27)15-23-8-14-16(25-15)26-17-22-4-5-28(14,17)29/h1-7,10H,8-9H2,(H,22,26)(H,23,25). The van der Waals surface area contributed by atoms with E-state index in [-0.39, 0.29) is 19.0 Å². The number of amidine groups is 1. The fourth-order valence-corrected chi connectivity index (χ4v) is 3.41. The molecule has 29 heavy (non-hydrogen) atoms. The summed E-state index contributed by atoms with van der Waals surface area (Å²) in [6.07, 6.45) is 1.75. The van der Waals surface area contributed by atoms with Gasteiger partial charge in [-0.25, -0.2) is 4.65 Å². The van der Waals surface area contributed by atoms with Crippen LogP contribution < -0.4 is 10.6 Å². The van der Waals surface area contributed by atoms with Crippen LogP contribution in [0.3, 0.4) is 0 Å². The lowest BCUT2D eigenvalue weighted by Crippen LogP contribution is -2.40. The molecule has 148 valence electrons. The predicted octanol–water partition coefficient (Wildman–Crippen LogP) is 2.23. The molecule has 1 aromatic heterocycles. The number of alkyl halides is 3. The Hall–Kier alpha value is -3.44. The van der Waals surface area contributed by atoms with Gasteiger partial charge in [0, 0.05) is 6.20 Å². The number of hydrogen-bond acceptors (Lipinski definition) is 6. The molecule has 0 amide bonds. The van der Waals surface area contributed by atoms with E-state index < -0.39 is 16.4 Å². The molecular weight excluding hydrogens is 387 g/mol. The molecule has 0 saturated carbocycles. The van der Waals surface area contributed by atoms with Crippen molar-refractivity contribution in [3.05, 3.63) is 82.5 Å². The van der Waals surface area contributed by atoms with Gasteiger partial charge in [0.1, 0.15) is 18.6 Å². The van der Waals surface area contributed by atoms with E-state index >= 15 is 0 Å². The molecule has 0 aliphatic carbocycles. The summed E-state index contributed by atoms with van der Waals surface area (Å²) in [4.78, 5) is 8.44. The van der Waals surface area contributed by atoms with Gasteiger partial charge in [-0.1, -0.05) is 12.1 Å². The second-order valence-electron chi connectivity index (χ2n) is 6.77. The van der Waals surface area contributed by atoms with E-state index in [4.69, 9.17) is 0 Å². The van der Waals surface area contributed by atoms with Crippen LogP contribution in [0.2, 0.25) is 0 Å². The topological polar surface area (TPSA) is 89.7 Å². The molecule has 1 aromatic carbocycles. The minimum Gasteiger partial charge on any atom is -0.614 e. The molecule has 5 rings (SSSR count). The summed E-state index contributed by atoms with van der Waals surface area (Å²) in [7, 11) is 0. The molecule has 1 atom stereocenters. The fourth-order valence-electron chi connectivity index (χ4n) is 3.41. The lowest BCUT2D eigenvalue weighted by Gasteiger charge is -2.31. The summed E-state index contributed by atoms with van der Waals surface area (Å²) in [5, 5.41) is 23.0. The first kappa shape index (κ1) is 17.6. The summed E-state index contributed by atoms with van der Waals surface area (Å²) in [6, 6.07) is 5.13. The Bertz CT molecular complexity index is 1130. The normalized spacial score (nSPS) is 22.6. The maximum absolute atomic E-state index is 12.9. The quantitative estimate of drug-likeness (QED) is 0.610. The van der Waals surface area contributed by atoms with Crippen molar-refractivity contribution in [2.75, 3.05) is 6.54 Å². The number of nitrogens with zero attached hydrogens (tertiary/aromatic N) is 5. The van der Waals surface area contributed by atoms with Crippen molar-refractivity contribution in [3.63, 3.8) is 0 Å². The van der Waals surface area contributed by atoms with E-state index in [2.05, 4.69) is 25.7 Å². The molecular formula is C18H14F3N7O. The van der Waals surface area contributed by atoms with Crippen LogP contribution in [0.25, 0.3) is 0 Å². The van der Waals surface area contributed by atoms with Gasteiger partial charge in [0.2, 0.25) is 0 Å². The van der Waals surface area contributed by atoms with Gasteiger partial charge in [-0.05, 0) is 17.7 Å².